The molecule has 3 nitrogen and oxygen atoms in total. The lowest BCUT2D eigenvalue weighted by Crippen LogP contribution is -2.41. The van der Waals surface area contributed by atoms with Crippen LogP contribution in [-0.4, -0.2) is 17.1 Å². The van der Waals surface area contributed by atoms with Crippen LogP contribution < -0.4 is 10.5 Å². The molecule has 82 valence electrons. The van der Waals surface area contributed by atoms with Crippen LogP contribution in [0.1, 0.15) is 25.7 Å². The molecule has 1 fully saturated rings. The molecule has 1 heterocycles. The predicted octanol–water partition coefficient (Wildman–Crippen LogP) is 2.49. The van der Waals surface area contributed by atoms with E-state index in [9.17, 15) is 0 Å². The molecule has 0 aliphatic heterocycles. The Morgan fingerprint density at radius 3 is 2.93 bits per heavy atom. The van der Waals surface area contributed by atoms with Crippen LogP contribution in [0.5, 0.6) is 5.75 Å². The lowest BCUT2D eigenvalue weighted by Gasteiger charge is -2.29. The van der Waals surface area contributed by atoms with Crippen LogP contribution in [0.25, 0.3) is 0 Å². The highest BCUT2D eigenvalue weighted by molar-refractivity contribution is 9.10. The van der Waals surface area contributed by atoms with Gasteiger partial charge < -0.3 is 10.5 Å². The molecule has 15 heavy (non-hydrogen) atoms. The third-order valence-corrected chi connectivity index (χ3v) is 3.36. The summed E-state index contributed by atoms with van der Waals surface area (Å²) in [6.45, 7) is 0. The van der Waals surface area contributed by atoms with Crippen molar-refractivity contribution in [3.05, 3.63) is 22.9 Å². The smallest absolute Gasteiger partial charge is 0.137 e. The Morgan fingerprint density at radius 1 is 1.40 bits per heavy atom. The van der Waals surface area contributed by atoms with Gasteiger partial charge in [0.15, 0.2) is 0 Å². The van der Waals surface area contributed by atoms with Crippen LogP contribution in [-0.2, 0) is 0 Å². The van der Waals surface area contributed by atoms with Gasteiger partial charge in [-0.3, -0.25) is 4.98 Å². The minimum Gasteiger partial charge on any atom is -0.488 e. The van der Waals surface area contributed by atoms with E-state index < -0.39 is 0 Å². The van der Waals surface area contributed by atoms with Gasteiger partial charge in [0.25, 0.3) is 0 Å². The van der Waals surface area contributed by atoms with Crippen molar-refractivity contribution < 1.29 is 4.74 Å². The van der Waals surface area contributed by atoms with Crippen LogP contribution in [0.4, 0.5) is 0 Å². The zero-order valence-electron chi connectivity index (χ0n) is 8.53. The summed E-state index contributed by atoms with van der Waals surface area (Å²) in [4.78, 5) is 4.00. The maximum absolute atomic E-state index is 6.02. The second kappa shape index (κ2) is 4.94. The monoisotopic (exact) mass is 270 g/mol. The van der Waals surface area contributed by atoms with E-state index in [0.29, 0.717) is 0 Å². The summed E-state index contributed by atoms with van der Waals surface area (Å²) in [5.74, 6) is 0.840. The fourth-order valence-electron chi connectivity index (χ4n) is 1.89. The largest absolute Gasteiger partial charge is 0.488 e. The van der Waals surface area contributed by atoms with Crippen molar-refractivity contribution in [2.75, 3.05) is 0 Å². The molecule has 0 amide bonds. The van der Waals surface area contributed by atoms with E-state index in [1.165, 1.54) is 12.8 Å². The number of nitrogens with two attached hydrogens (primary N) is 1. The van der Waals surface area contributed by atoms with E-state index in [2.05, 4.69) is 20.9 Å². The number of rotatable bonds is 2. The first kappa shape index (κ1) is 10.9. The maximum Gasteiger partial charge on any atom is 0.137 e. The molecular weight excluding hydrogens is 256 g/mol. The van der Waals surface area contributed by atoms with Crippen LogP contribution >= 0.6 is 15.9 Å². The summed E-state index contributed by atoms with van der Waals surface area (Å²) in [5.41, 5.74) is 6.02. The van der Waals surface area contributed by atoms with Crippen molar-refractivity contribution >= 4 is 15.9 Å². The zero-order chi connectivity index (χ0) is 10.7. The lowest BCUT2D eigenvalue weighted by molar-refractivity contribution is 0.131. The van der Waals surface area contributed by atoms with Crippen molar-refractivity contribution in [2.45, 2.75) is 37.8 Å². The second-order valence-electron chi connectivity index (χ2n) is 3.91. The second-order valence-corrected chi connectivity index (χ2v) is 4.77. The van der Waals surface area contributed by atoms with Crippen molar-refractivity contribution in [1.29, 1.82) is 0 Å². The summed E-state index contributed by atoms with van der Waals surface area (Å²) >= 11 is 3.41. The van der Waals surface area contributed by atoms with Gasteiger partial charge in [0.2, 0.25) is 0 Å². The van der Waals surface area contributed by atoms with Gasteiger partial charge >= 0.3 is 0 Å². The van der Waals surface area contributed by atoms with E-state index in [4.69, 9.17) is 10.5 Å². The molecule has 0 bridgehead atoms. The van der Waals surface area contributed by atoms with Crippen LogP contribution in [0.3, 0.4) is 0 Å². The molecular formula is C11H15BrN2O. The quantitative estimate of drug-likeness (QED) is 0.899. The van der Waals surface area contributed by atoms with Crippen LogP contribution in [0.15, 0.2) is 22.9 Å². The molecule has 1 aromatic heterocycles. The van der Waals surface area contributed by atoms with Crippen LogP contribution in [0.2, 0.25) is 0 Å². The average molecular weight is 271 g/mol. The molecule has 2 atom stereocenters. The fourth-order valence-corrected chi connectivity index (χ4v) is 2.24. The Morgan fingerprint density at radius 2 is 2.20 bits per heavy atom. The first-order valence-corrected chi connectivity index (χ1v) is 6.08. The Hall–Kier alpha value is -0.610. The molecule has 1 aliphatic carbocycles. The van der Waals surface area contributed by atoms with Gasteiger partial charge in [-0.1, -0.05) is 6.42 Å². The minimum absolute atomic E-state index is 0.150. The van der Waals surface area contributed by atoms with E-state index in [1.807, 2.05) is 6.07 Å². The van der Waals surface area contributed by atoms with Crippen molar-refractivity contribution in [2.24, 2.45) is 5.73 Å². The van der Waals surface area contributed by atoms with E-state index in [1.54, 1.807) is 12.4 Å². The van der Waals surface area contributed by atoms with Gasteiger partial charge in [0.05, 0.1) is 4.47 Å². The van der Waals surface area contributed by atoms with Crippen molar-refractivity contribution in [1.82, 2.24) is 4.98 Å². The summed E-state index contributed by atoms with van der Waals surface area (Å²) in [7, 11) is 0. The summed E-state index contributed by atoms with van der Waals surface area (Å²) in [6, 6.07) is 2.03. The number of hydrogen-bond donors (Lipinski definition) is 1. The SMILES string of the molecule is N[C@@H]1CCCC[C@H]1Oc1ccncc1Br. The lowest BCUT2D eigenvalue weighted by atomic mass is 9.93. The van der Waals surface area contributed by atoms with E-state index >= 15 is 0 Å². The van der Waals surface area contributed by atoms with E-state index in [0.717, 1.165) is 23.1 Å². The number of aromatic nitrogens is 1. The van der Waals surface area contributed by atoms with Gasteiger partial charge in [-0.25, -0.2) is 0 Å². The normalized spacial score (nSPS) is 26.3. The minimum atomic E-state index is 0.150. The summed E-state index contributed by atoms with van der Waals surface area (Å²) < 4.78 is 6.78. The van der Waals surface area contributed by atoms with E-state index in [-0.39, 0.29) is 12.1 Å². The molecule has 0 spiro atoms. The van der Waals surface area contributed by atoms with Crippen LogP contribution in [0, 0.1) is 0 Å². The predicted molar refractivity (Wildman–Crippen MR) is 62.8 cm³/mol. The number of nitrogens with zero attached hydrogens (tertiary/aromatic N) is 1. The highest BCUT2D eigenvalue weighted by Gasteiger charge is 2.23. The summed E-state index contributed by atoms with van der Waals surface area (Å²) in [6.07, 6.45) is 8.17. The number of halogens is 1. The fraction of sp³-hybridized carbons (Fsp3) is 0.545. The van der Waals surface area contributed by atoms with Gasteiger partial charge in [-0.05, 0) is 41.3 Å². The summed E-state index contributed by atoms with van der Waals surface area (Å²) in [5, 5.41) is 0. The van der Waals surface area contributed by atoms with Crippen molar-refractivity contribution in [3.63, 3.8) is 0 Å². The molecule has 0 radical (unpaired) electrons. The average Bonchev–Trinajstić information content (AvgIpc) is 2.24. The first-order valence-electron chi connectivity index (χ1n) is 5.29. The standard InChI is InChI=1S/C11H15BrN2O/c12-8-7-14-6-5-10(8)15-11-4-2-1-3-9(11)13/h5-7,9,11H,1-4,13H2/t9-,11-/m1/s1. The topological polar surface area (TPSA) is 48.1 Å². The maximum atomic E-state index is 6.02. The van der Waals surface area contributed by atoms with Gasteiger partial charge in [-0.15, -0.1) is 0 Å². The Bertz CT molecular complexity index is 332. The molecule has 0 aromatic carbocycles. The molecule has 1 saturated carbocycles. The number of pyridine rings is 1. The van der Waals surface area contributed by atoms with Gasteiger partial charge in [0, 0.05) is 18.4 Å². The highest BCUT2D eigenvalue weighted by atomic mass is 79.9. The Kier molecular flexibility index (Phi) is 3.59. The Labute approximate surface area is 98.2 Å². The first-order chi connectivity index (χ1) is 7.27. The zero-order valence-corrected chi connectivity index (χ0v) is 10.1. The molecule has 0 saturated heterocycles. The third kappa shape index (κ3) is 2.69. The molecule has 4 heteroatoms. The number of ether oxygens (including phenoxy) is 1. The Balaban J connectivity index is 2.04. The number of hydrogen-bond acceptors (Lipinski definition) is 3. The van der Waals surface area contributed by atoms with Crippen molar-refractivity contribution in [3.8, 4) is 5.75 Å². The molecule has 2 N–H and O–H groups in total. The molecule has 2 rings (SSSR count). The third-order valence-electron chi connectivity index (χ3n) is 2.77. The molecule has 0 unspecified atom stereocenters. The van der Waals surface area contributed by atoms with Gasteiger partial charge in [-0.2, -0.15) is 0 Å². The molecule has 1 aliphatic rings. The molecule has 1 aromatic rings. The highest BCUT2D eigenvalue weighted by Crippen LogP contribution is 2.27. The van der Waals surface area contributed by atoms with Gasteiger partial charge in [0.1, 0.15) is 11.9 Å².